The SMILES string of the molecule is O=C(O)c1coc(CNc2ccccc2Cl)n1. The summed E-state index contributed by atoms with van der Waals surface area (Å²) in [5.74, 6) is -0.819. The second-order valence-corrected chi connectivity index (χ2v) is 3.67. The molecule has 88 valence electrons. The van der Waals surface area contributed by atoms with Crippen molar-refractivity contribution in [3.63, 3.8) is 0 Å². The molecule has 1 heterocycles. The van der Waals surface area contributed by atoms with E-state index in [0.717, 1.165) is 12.0 Å². The van der Waals surface area contributed by atoms with Crippen LogP contribution in [0.1, 0.15) is 16.4 Å². The molecule has 0 unspecified atom stereocenters. The molecular weight excluding hydrogens is 244 g/mol. The van der Waals surface area contributed by atoms with Crippen LogP contribution in [0.5, 0.6) is 0 Å². The number of hydrogen-bond acceptors (Lipinski definition) is 4. The molecule has 0 radical (unpaired) electrons. The molecule has 0 spiro atoms. The molecule has 1 aromatic heterocycles. The van der Waals surface area contributed by atoms with Crippen molar-refractivity contribution in [3.05, 3.63) is 47.1 Å². The monoisotopic (exact) mass is 252 g/mol. The van der Waals surface area contributed by atoms with Gasteiger partial charge in [0, 0.05) is 0 Å². The topological polar surface area (TPSA) is 75.4 Å². The maximum atomic E-state index is 10.6. The lowest BCUT2D eigenvalue weighted by Gasteiger charge is -2.04. The number of aromatic nitrogens is 1. The summed E-state index contributed by atoms with van der Waals surface area (Å²) in [6, 6.07) is 7.22. The number of nitrogens with zero attached hydrogens (tertiary/aromatic N) is 1. The zero-order valence-electron chi connectivity index (χ0n) is 8.68. The van der Waals surface area contributed by atoms with E-state index in [1.807, 2.05) is 18.2 Å². The van der Waals surface area contributed by atoms with Crippen molar-refractivity contribution in [3.8, 4) is 0 Å². The van der Waals surface area contributed by atoms with Crippen molar-refractivity contribution in [2.24, 2.45) is 0 Å². The molecule has 0 aliphatic heterocycles. The van der Waals surface area contributed by atoms with E-state index >= 15 is 0 Å². The lowest BCUT2D eigenvalue weighted by molar-refractivity contribution is 0.0690. The van der Waals surface area contributed by atoms with E-state index in [0.29, 0.717) is 10.9 Å². The van der Waals surface area contributed by atoms with Crippen LogP contribution in [-0.4, -0.2) is 16.1 Å². The molecule has 1 aromatic carbocycles. The van der Waals surface area contributed by atoms with Gasteiger partial charge in [-0.25, -0.2) is 9.78 Å². The summed E-state index contributed by atoms with van der Waals surface area (Å²) in [6.07, 6.45) is 1.10. The van der Waals surface area contributed by atoms with E-state index in [1.54, 1.807) is 6.07 Å². The van der Waals surface area contributed by atoms with Gasteiger partial charge in [-0.3, -0.25) is 0 Å². The number of anilines is 1. The lowest BCUT2D eigenvalue weighted by atomic mass is 10.3. The number of carbonyl (C=O) groups is 1. The predicted molar refractivity (Wildman–Crippen MR) is 62.2 cm³/mol. The smallest absolute Gasteiger partial charge is 0.357 e. The molecule has 2 N–H and O–H groups in total. The van der Waals surface area contributed by atoms with Gasteiger partial charge in [-0.05, 0) is 12.1 Å². The third-order valence-electron chi connectivity index (χ3n) is 2.07. The van der Waals surface area contributed by atoms with Gasteiger partial charge < -0.3 is 14.8 Å². The number of carboxylic acids is 1. The molecule has 6 heteroatoms. The molecule has 0 bridgehead atoms. The average molecular weight is 253 g/mol. The number of halogens is 1. The second-order valence-electron chi connectivity index (χ2n) is 3.27. The van der Waals surface area contributed by atoms with E-state index in [4.69, 9.17) is 21.1 Å². The minimum atomic E-state index is -1.11. The number of para-hydroxylation sites is 1. The van der Waals surface area contributed by atoms with Crippen LogP contribution in [-0.2, 0) is 6.54 Å². The highest BCUT2D eigenvalue weighted by Gasteiger charge is 2.10. The quantitative estimate of drug-likeness (QED) is 0.875. The number of aromatic carboxylic acids is 1. The first-order valence-corrected chi connectivity index (χ1v) is 5.20. The Morgan fingerprint density at radius 1 is 1.47 bits per heavy atom. The van der Waals surface area contributed by atoms with Crippen molar-refractivity contribution < 1.29 is 14.3 Å². The molecule has 0 fully saturated rings. The third kappa shape index (κ3) is 2.76. The van der Waals surface area contributed by atoms with Gasteiger partial charge in [0.2, 0.25) is 5.89 Å². The Hall–Kier alpha value is -2.01. The Morgan fingerprint density at radius 3 is 2.88 bits per heavy atom. The average Bonchev–Trinajstić information content (AvgIpc) is 2.77. The maximum absolute atomic E-state index is 10.6. The van der Waals surface area contributed by atoms with Crippen molar-refractivity contribution in [2.45, 2.75) is 6.54 Å². The van der Waals surface area contributed by atoms with Crippen molar-refractivity contribution >= 4 is 23.3 Å². The van der Waals surface area contributed by atoms with Crippen LogP contribution in [0, 0.1) is 0 Å². The summed E-state index contributed by atoms with van der Waals surface area (Å²) >= 11 is 5.94. The number of oxazole rings is 1. The van der Waals surface area contributed by atoms with Crippen molar-refractivity contribution in [2.75, 3.05) is 5.32 Å². The number of hydrogen-bond donors (Lipinski definition) is 2. The van der Waals surface area contributed by atoms with Gasteiger partial charge in [0.1, 0.15) is 6.26 Å². The minimum Gasteiger partial charge on any atom is -0.476 e. The summed E-state index contributed by atoms with van der Waals surface area (Å²) in [4.78, 5) is 14.4. The molecule has 17 heavy (non-hydrogen) atoms. The Morgan fingerprint density at radius 2 is 2.24 bits per heavy atom. The van der Waals surface area contributed by atoms with Crippen LogP contribution in [0.3, 0.4) is 0 Å². The van der Waals surface area contributed by atoms with Gasteiger partial charge in [-0.15, -0.1) is 0 Å². The Kier molecular flexibility index (Phi) is 3.30. The van der Waals surface area contributed by atoms with Gasteiger partial charge in [-0.2, -0.15) is 0 Å². The largest absolute Gasteiger partial charge is 0.476 e. The van der Waals surface area contributed by atoms with Gasteiger partial charge in [0.05, 0.1) is 17.3 Å². The highest BCUT2D eigenvalue weighted by molar-refractivity contribution is 6.33. The lowest BCUT2D eigenvalue weighted by Crippen LogP contribution is -2.02. The summed E-state index contributed by atoms with van der Waals surface area (Å²) in [6.45, 7) is 0.275. The minimum absolute atomic E-state index is 0.110. The number of rotatable bonds is 4. The van der Waals surface area contributed by atoms with Gasteiger partial charge in [0.15, 0.2) is 5.69 Å². The third-order valence-corrected chi connectivity index (χ3v) is 2.40. The first-order chi connectivity index (χ1) is 8.16. The predicted octanol–water partition coefficient (Wildman–Crippen LogP) is 2.64. The van der Waals surface area contributed by atoms with Crippen LogP contribution < -0.4 is 5.32 Å². The molecule has 0 atom stereocenters. The molecule has 0 amide bonds. The fraction of sp³-hybridized carbons (Fsp3) is 0.0909. The number of carboxylic acid groups (broad SMARTS) is 1. The van der Waals surface area contributed by atoms with Crippen LogP contribution in [0.15, 0.2) is 34.9 Å². The van der Waals surface area contributed by atoms with Crippen LogP contribution in [0.25, 0.3) is 0 Å². The van der Waals surface area contributed by atoms with E-state index in [9.17, 15) is 4.79 Å². The highest BCUT2D eigenvalue weighted by atomic mass is 35.5. The van der Waals surface area contributed by atoms with Crippen molar-refractivity contribution in [1.29, 1.82) is 0 Å². The van der Waals surface area contributed by atoms with Crippen LogP contribution in [0.2, 0.25) is 5.02 Å². The van der Waals surface area contributed by atoms with E-state index in [1.165, 1.54) is 0 Å². The summed E-state index contributed by atoms with van der Waals surface area (Å²) in [5, 5.41) is 12.2. The van der Waals surface area contributed by atoms with Crippen LogP contribution >= 0.6 is 11.6 Å². The van der Waals surface area contributed by atoms with Gasteiger partial charge in [-0.1, -0.05) is 23.7 Å². The zero-order valence-corrected chi connectivity index (χ0v) is 9.44. The molecule has 2 aromatic rings. The Balaban J connectivity index is 2.02. The number of nitrogens with one attached hydrogen (secondary N) is 1. The Bertz CT molecular complexity index is 539. The van der Waals surface area contributed by atoms with Crippen molar-refractivity contribution in [1.82, 2.24) is 4.98 Å². The van der Waals surface area contributed by atoms with E-state index in [2.05, 4.69) is 10.3 Å². The second kappa shape index (κ2) is 4.88. The number of benzene rings is 1. The highest BCUT2D eigenvalue weighted by Crippen LogP contribution is 2.20. The van der Waals surface area contributed by atoms with E-state index in [-0.39, 0.29) is 12.2 Å². The van der Waals surface area contributed by atoms with E-state index < -0.39 is 5.97 Å². The fourth-order valence-electron chi connectivity index (χ4n) is 1.27. The molecule has 0 saturated heterocycles. The first-order valence-electron chi connectivity index (χ1n) is 4.83. The Labute approximate surface area is 102 Å². The normalized spacial score (nSPS) is 10.2. The van der Waals surface area contributed by atoms with Gasteiger partial charge >= 0.3 is 5.97 Å². The summed E-state index contributed by atoms with van der Waals surface area (Å²) in [7, 11) is 0. The van der Waals surface area contributed by atoms with Gasteiger partial charge in [0.25, 0.3) is 0 Å². The molecular formula is C11H9ClN2O3. The maximum Gasteiger partial charge on any atom is 0.357 e. The standard InChI is InChI=1S/C11H9ClN2O3/c12-7-3-1-2-4-8(7)13-5-10-14-9(6-17-10)11(15)16/h1-4,6,13H,5H2,(H,15,16). The molecule has 5 nitrogen and oxygen atoms in total. The molecule has 0 aliphatic rings. The molecule has 0 saturated carbocycles. The molecule has 2 rings (SSSR count). The summed E-state index contributed by atoms with van der Waals surface area (Å²) in [5.41, 5.74) is 0.630. The summed E-state index contributed by atoms with van der Waals surface area (Å²) < 4.78 is 4.99. The molecule has 0 aliphatic carbocycles. The zero-order chi connectivity index (χ0) is 12.3. The fourth-order valence-corrected chi connectivity index (χ4v) is 1.47. The first kappa shape index (κ1) is 11.5. The van der Waals surface area contributed by atoms with Crippen LogP contribution in [0.4, 0.5) is 5.69 Å².